The molecule has 4 nitrogen and oxygen atoms in total. The van der Waals surface area contributed by atoms with Crippen molar-refractivity contribution in [3.63, 3.8) is 0 Å². The summed E-state index contributed by atoms with van der Waals surface area (Å²) >= 11 is 0. The molecule has 108 valence electrons. The van der Waals surface area contributed by atoms with Gasteiger partial charge in [0.05, 0.1) is 0 Å². The second-order valence-electron chi connectivity index (χ2n) is 9.31. The summed E-state index contributed by atoms with van der Waals surface area (Å²) < 4.78 is 5.69. The topological polar surface area (TPSA) is 41.6 Å². The lowest BCUT2D eigenvalue weighted by molar-refractivity contribution is -0.00389. The number of carbonyl (C=O) groups excluding carboxylic acids is 1. The molecule has 21 heavy (non-hydrogen) atoms. The van der Waals surface area contributed by atoms with Crippen molar-refractivity contribution >= 4 is 68.9 Å². The van der Waals surface area contributed by atoms with Gasteiger partial charge in [0.15, 0.2) is 0 Å². The molecule has 0 aromatic rings. The average molecular weight is 281 g/mol. The van der Waals surface area contributed by atoms with Crippen molar-refractivity contribution in [2.75, 3.05) is 0 Å². The van der Waals surface area contributed by atoms with Gasteiger partial charge in [0.2, 0.25) is 0 Å². The van der Waals surface area contributed by atoms with Gasteiger partial charge in [-0.1, -0.05) is 0 Å². The molecule has 1 saturated heterocycles. The van der Waals surface area contributed by atoms with Crippen LogP contribution in [-0.2, 0) is 4.74 Å². The molecule has 1 amide bonds. The van der Waals surface area contributed by atoms with Crippen LogP contribution in [0.1, 0.15) is 20.8 Å². The van der Waals surface area contributed by atoms with E-state index in [0.717, 1.165) is 0 Å². The van der Waals surface area contributed by atoms with E-state index >= 15 is 0 Å². The molecule has 1 aliphatic rings. The van der Waals surface area contributed by atoms with Crippen LogP contribution in [0.5, 0.6) is 0 Å². The third kappa shape index (κ3) is 3.11. The highest BCUT2D eigenvalue weighted by molar-refractivity contribution is 6.60. The number of ether oxygens (including phenoxy) is 1. The van der Waals surface area contributed by atoms with Crippen LogP contribution in [-0.4, -0.2) is 101 Å². The summed E-state index contributed by atoms with van der Waals surface area (Å²) in [5.74, 6) is 0. The van der Waals surface area contributed by atoms with Gasteiger partial charge in [0.25, 0.3) is 0 Å². The maximum absolute atomic E-state index is 12.9. The molecular formula is C9H26B8N2O2. The second kappa shape index (κ2) is 4.87. The fourth-order valence-corrected chi connectivity index (χ4v) is 3.11. The highest BCUT2D eigenvalue weighted by Crippen LogP contribution is 2.36. The Morgan fingerprint density at radius 1 is 0.905 bits per heavy atom. The zero-order chi connectivity index (χ0) is 17.1. The van der Waals surface area contributed by atoms with Crippen molar-refractivity contribution in [1.29, 1.82) is 0 Å². The molecule has 0 atom stereocenters. The van der Waals surface area contributed by atoms with Crippen molar-refractivity contribution in [1.82, 2.24) is 10.2 Å². The first-order valence-electron chi connectivity index (χ1n) is 7.78. The highest BCUT2D eigenvalue weighted by Gasteiger charge is 2.59. The quantitative estimate of drug-likeness (QED) is 0.449. The van der Waals surface area contributed by atoms with Crippen LogP contribution in [0.15, 0.2) is 0 Å². The molecule has 1 fully saturated rings. The van der Waals surface area contributed by atoms with E-state index < -0.39 is 5.60 Å². The lowest BCUT2D eigenvalue weighted by atomic mass is 9.27. The number of hydrogen-bond donors (Lipinski definition) is 1. The molecule has 1 rings (SSSR count). The van der Waals surface area contributed by atoms with E-state index in [4.69, 9.17) is 4.74 Å². The molecule has 0 bridgehead atoms. The molecule has 0 aromatic heterocycles. The molecule has 12 heteroatoms. The summed E-state index contributed by atoms with van der Waals surface area (Å²) in [4.78, 5) is 14.8. The van der Waals surface area contributed by atoms with Crippen LogP contribution in [0.25, 0.3) is 0 Å². The maximum atomic E-state index is 12.9. The standard InChI is InChI=1S/C9H26B8N2O2/c1-5(2,3)21-4(20)19-8(14,15)6(10,11)18-7(12,13)9(19,16)17/h18H,10-17H2,1-3H3. The molecule has 0 aliphatic carbocycles. The first-order chi connectivity index (χ1) is 8.96. The smallest absolute Gasteiger partial charge is 0.408 e. The second-order valence-corrected chi connectivity index (χ2v) is 9.31. The summed E-state index contributed by atoms with van der Waals surface area (Å²) in [5.41, 5.74) is -0.498. The van der Waals surface area contributed by atoms with E-state index in [-0.39, 0.29) is 27.4 Å². The number of amides is 1. The van der Waals surface area contributed by atoms with E-state index in [2.05, 4.69) is 68.1 Å². The molecule has 1 aliphatic heterocycles. The third-order valence-corrected chi connectivity index (χ3v) is 5.38. The lowest BCUT2D eigenvalue weighted by Gasteiger charge is -2.68. The number of nitrogens with one attached hydrogen (secondary N) is 1. The summed E-state index contributed by atoms with van der Waals surface area (Å²) in [6.45, 7) is 5.72. The van der Waals surface area contributed by atoms with E-state index in [9.17, 15) is 4.79 Å². The van der Waals surface area contributed by atoms with E-state index in [1.54, 1.807) is 0 Å². The fraction of sp³-hybridized carbons (Fsp3) is 0.889. The van der Waals surface area contributed by atoms with Gasteiger partial charge < -0.3 is 15.0 Å². The Morgan fingerprint density at radius 2 is 1.24 bits per heavy atom. The normalized spacial score (nSPS) is 26.0. The first-order valence-corrected chi connectivity index (χ1v) is 7.78. The SMILES string of the molecule is BC1(B)NC(B)(B)C(B)(B)N(C(=O)OC(C)(C)C)C1(B)B. The predicted octanol–water partition coefficient (Wildman–Crippen LogP) is -7.49. The largest absolute Gasteiger partial charge is 0.444 e. The number of piperazine rings is 1. The van der Waals surface area contributed by atoms with Gasteiger partial charge in [0.1, 0.15) is 68.4 Å². The monoisotopic (exact) mass is 282 g/mol. The number of carbonyl (C=O) groups is 1. The minimum absolute atomic E-state index is 0.233. The van der Waals surface area contributed by atoms with Crippen molar-refractivity contribution in [2.45, 2.75) is 47.7 Å². The minimum Gasteiger partial charge on any atom is -0.444 e. The molecule has 0 aromatic carbocycles. The van der Waals surface area contributed by atoms with Gasteiger partial charge in [-0.2, -0.15) is 0 Å². The molecule has 0 unspecified atom stereocenters. The van der Waals surface area contributed by atoms with Crippen molar-refractivity contribution in [2.24, 2.45) is 0 Å². The lowest BCUT2D eigenvalue weighted by Crippen LogP contribution is -2.92. The summed E-state index contributed by atoms with van der Waals surface area (Å²) in [6, 6.07) is 0. The fourth-order valence-electron chi connectivity index (χ4n) is 3.11. The van der Waals surface area contributed by atoms with Crippen LogP contribution in [0.3, 0.4) is 0 Å². The van der Waals surface area contributed by atoms with E-state index in [1.807, 2.05) is 25.7 Å². The molecule has 0 spiro atoms. The van der Waals surface area contributed by atoms with Gasteiger partial charge in [-0.25, -0.2) is 4.79 Å². The number of rotatable bonds is 0. The number of nitrogens with zero attached hydrogens (tertiary/aromatic N) is 1. The Balaban J connectivity index is 3.37. The van der Waals surface area contributed by atoms with Crippen LogP contribution in [0, 0.1) is 0 Å². The highest BCUT2D eigenvalue weighted by atomic mass is 16.6. The van der Waals surface area contributed by atoms with Crippen molar-refractivity contribution in [3.05, 3.63) is 0 Å². The number of hydrogen-bond acceptors (Lipinski definition) is 3. The molecular weight excluding hydrogens is 255 g/mol. The summed E-state index contributed by atoms with van der Waals surface area (Å²) in [6.07, 6.45) is -0.250. The van der Waals surface area contributed by atoms with E-state index in [0.29, 0.717) is 0 Å². The average Bonchev–Trinajstić information content (AvgIpc) is 2.08. The van der Waals surface area contributed by atoms with Crippen molar-refractivity contribution < 1.29 is 9.53 Å². The molecule has 1 N–H and O–H groups in total. The van der Waals surface area contributed by atoms with Crippen LogP contribution >= 0.6 is 0 Å². The van der Waals surface area contributed by atoms with Gasteiger partial charge >= 0.3 is 6.09 Å². The van der Waals surface area contributed by atoms with Crippen molar-refractivity contribution in [3.8, 4) is 0 Å². The first kappa shape index (κ1) is 18.8. The third-order valence-electron chi connectivity index (χ3n) is 5.38. The maximum Gasteiger partial charge on any atom is 0.408 e. The Bertz CT molecular complexity index is 420. The van der Waals surface area contributed by atoms with Gasteiger partial charge in [0, 0.05) is 0 Å². The Morgan fingerprint density at radius 3 is 1.52 bits per heavy atom. The zero-order valence-corrected chi connectivity index (χ0v) is 15.8. The van der Waals surface area contributed by atoms with Crippen LogP contribution in [0.2, 0.25) is 0 Å². The minimum atomic E-state index is -0.498. The van der Waals surface area contributed by atoms with Gasteiger partial charge in [-0.3, -0.25) is 0 Å². The summed E-state index contributed by atoms with van der Waals surface area (Å²) in [7, 11) is 17.0. The molecule has 1 heterocycles. The van der Waals surface area contributed by atoms with E-state index in [1.165, 1.54) is 0 Å². The summed E-state index contributed by atoms with van der Waals surface area (Å²) in [5, 5.41) is 2.48. The predicted molar refractivity (Wildman–Crippen MR) is 110 cm³/mol. The molecule has 0 saturated carbocycles. The van der Waals surface area contributed by atoms with Gasteiger partial charge in [-0.15, -0.1) is 0 Å². The Labute approximate surface area is 136 Å². The zero-order valence-electron chi connectivity index (χ0n) is 15.8. The van der Waals surface area contributed by atoms with Crippen LogP contribution in [0.4, 0.5) is 4.79 Å². The molecule has 0 radical (unpaired) electrons. The Hall–Kier alpha value is -0.251. The Kier molecular flexibility index (Phi) is 4.36. The van der Waals surface area contributed by atoms with Gasteiger partial charge in [-0.05, 0) is 42.1 Å². The van der Waals surface area contributed by atoms with Crippen LogP contribution < -0.4 is 5.32 Å².